The van der Waals surface area contributed by atoms with Gasteiger partial charge in [0.05, 0.1) is 6.26 Å². The van der Waals surface area contributed by atoms with Crippen LogP contribution in [-0.4, -0.2) is 23.0 Å². The molecule has 0 aliphatic heterocycles. The van der Waals surface area contributed by atoms with Crippen LogP contribution in [0, 0.1) is 0 Å². The molecule has 1 aliphatic rings. The van der Waals surface area contributed by atoms with Gasteiger partial charge < -0.3 is 19.5 Å². The van der Waals surface area contributed by atoms with Crippen molar-refractivity contribution in [3.8, 4) is 5.75 Å². The molecule has 4 rings (SSSR count). The molecule has 2 N–H and O–H groups in total. The number of ether oxygens (including phenoxy) is 1. The lowest BCUT2D eigenvalue weighted by atomic mass is 9.84. The van der Waals surface area contributed by atoms with Crippen LogP contribution in [0.25, 0.3) is 0 Å². The number of rotatable bonds is 4. The Morgan fingerprint density at radius 2 is 1.87 bits per heavy atom. The number of carbonyl (C=O) groups excluding carboxylic acids is 2. The molecule has 1 aliphatic carbocycles. The molecule has 0 saturated carbocycles. The molecule has 0 radical (unpaired) electrons. The number of amides is 1. The molecule has 7 nitrogen and oxygen atoms in total. The SMILES string of the molecule is O=C1C[C@H](c2ccco2)Cc2[nH]c(=O)c(C(=O)Nc3ccc(OC(F)(F)F)cc3)cc21. The van der Waals surface area contributed by atoms with E-state index in [0.717, 1.165) is 12.1 Å². The van der Waals surface area contributed by atoms with Gasteiger partial charge in [0.2, 0.25) is 0 Å². The normalized spacial score (nSPS) is 16.0. The van der Waals surface area contributed by atoms with Crippen LogP contribution < -0.4 is 15.6 Å². The molecule has 10 heteroatoms. The third-order valence-electron chi connectivity index (χ3n) is 4.84. The second-order valence-electron chi connectivity index (χ2n) is 6.97. The van der Waals surface area contributed by atoms with Crippen LogP contribution in [0.1, 0.15) is 44.5 Å². The smallest absolute Gasteiger partial charge is 0.469 e. The summed E-state index contributed by atoms with van der Waals surface area (Å²) in [6, 6.07) is 9.17. The number of aromatic amines is 1. The number of alkyl halides is 3. The van der Waals surface area contributed by atoms with E-state index in [4.69, 9.17) is 4.42 Å². The molecule has 0 spiro atoms. The van der Waals surface area contributed by atoms with Gasteiger partial charge in [-0.2, -0.15) is 0 Å². The number of hydrogen-bond donors (Lipinski definition) is 2. The molecule has 2 heterocycles. The zero-order chi connectivity index (χ0) is 22.2. The quantitative estimate of drug-likeness (QED) is 0.648. The van der Waals surface area contributed by atoms with Crippen LogP contribution in [0.4, 0.5) is 18.9 Å². The largest absolute Gasteiger partial charge is 0.573 e. The molecule has 3 aromatic rings. The maximum absolute atomic E-state index is 12.6. The molecule has 0 bridgehead atoms. The predicted octanol–water partition coefficient (Wildman–Crippen LogP) is 4.03. The van der Waals surface area contributed by atoms with Crippen LogP contribution in [-0.2, 0) is 6.42 Å². The summed E-state index contributed by atoms with van der Waals surface area (Å²) in [6.45, 7) is 0. The molecule has 0 saturated heterocycles. The van der Waals surface area contributed by atoms with Gasteiger partial charge in [-0.25, -0.2) is 0 Å². The number of carbonyl (C=O) groups is 2. The minimum Gasteiger partial charge on any atom is -0.469 e. The summed E-state index contributed by atoms with van der Waals surface area (Å²) in [5.74, 6) is -1.05. The summed E-state index contributed by atoms with van der Waals surface area (Å²) in [6.07, 6.45) is -2.77. The molecule has 1 amide bonds. The number of nitrogens with one attached hydrogen (secondary N) is 2. The summed E-state index contributed by atoms with van der Waals surface area (Å²) in [5, 5.41) is 2.42. The second kappa shape index (κ2) is 7.78. The minimum atomic E-state index is -4.83. The van der Waals surface area contributed by atoms with Gasteiger partial charge in [0, 0.05) is 29.3 Å². The van der Waals surface area contributed by atoms with Crippen molar-refractivity contribution in [1.82, 2.24) is 4.98 Å². The van der Waals surface area contributed by atoms with Crippen molar-refractivity contribution in [2.75, 3.05) is 5.32 Å². The van der Waals surface area contributed by atoms with E-state index in [1.807, 2.05) is 0 Å². The van der Waals surface area contributed by atoms with Gasteiger partial charge in [0.1, 0.15) is 17.1 Å². The van der Waals surface area contributed by atoms with Gasteiger partial charge in [0.15, 0.2) is 5.78 Å². The number of benzene rings is 1. The number of furan rings is 1. The number of pyridine rings is 1. The Labute approximate surface area is 172 Å². The van der Waals surface area contributed by atoms with Crippen molar-refractivity contribution in [3.63, 3.8) is 0 Å². The number of H-pyrrole nitrogens is 1. The summed E-state index contributed by atoms with van der Waals surface area (Å²) in [5.41, 5.74) is -0.129. The van der Waals surface area contributed by atoms with Gasteiger partial charge in [-0.05, 0) is 48.9 Å². The maximum Gasteiger partial charge on any atom is 0.573 e. The molecule has 160 valence electrons. The first-order valence-corrected chi connectivity index (χ1v) is 9.19. The standard InChI is InChI=1S/C21H15F3N2O5/c22-21(23,24)31-13-5-3-12(4-6-13)25-19(28)15-10-14-16(26-20(15)29)8-11(9-17(14)27)18-2-1-7-30-18/h1-7,10-11H,8-9H2,(H,25,28)(H,26,29)/t11-/m1/s1. The lowest BCUT2D eigenvalue weighted by Crippen LogP contribution is -2.29. The van der Waals surface area contributed by atoms with Crippen molar-refractivity contribution < 1.29 is 31.9 Å². The highest BCUT2D eigenvalue weighted by Crippen LogP contribution is 2.32. The van der Waals surface area contributed by atoms with Crippen molar-refractivity contribution in [2.24, 2.45) is 0 Å². The Morgan fingerprint density at radius 1 is 1.13 bits per heavy atom. The lowest BCUT2D eigenvalue weighted by Gasteiger charge is -2.22. The zero-order valence-electron chi connectivity index (χ0n) is 15.8. The van der Waals surface area contributed by atoms with E-state index in [9.17, 15) is 27.6 Å². The number of halogens is 3. The molecule has 2 aromatic heterocycles. The van der Waals surface area contributed by atoms with Crippen LogP contribution in [0.2, 0.25) is 0 Å². The number of ketones is 1. The summed E-state index contributed by atoms with van der Waals surface area (Å²) >= 11 is 0. The number of Topliss-reactive ketones (excluding diaryl/α,β-unsaturated/α-hetero) is 1. The van der Waals surface area contributed by atoms with Gasteiger partial charge in [-0.3, -0.25) is 14.4 Å². The first-order valence-electron chi connectivity index (χ1n) is 9.19. The average Bonchev–Trinajstić information content (AvgIpc) is 3.22. The van der Waals surface area contributed by atoms with Crippen molar-refractivity contribution in [2.45, 2.75) is 25.1 Å². The molecule has 0 unspecified atom stereocenters. The third-order valence-corrected chi connectivity index (χ3v) is 4.84. The minimum absolute atomic E-state index is 0.154. The molecular formula is C21H15F3N2O5. The topological polar surface area (TPSA) is 101 Å². The van der Waals surface area contributed by atoms with E-state index in [1.54, 1.807) is 12.1 Å². The Balaban J connectivity index is 1.53. The van der Waals surface area contributed by atoms with E-state index in [-0.39, 0.29) is 34.9 Å². The van der Waals surface area contributed by atoms with Crippen molar-refractivity contribution in [3.05, 3.63) is 81.7 Å². The number of fused-ring (bicyclic) bond motifs is 1. The van der Waals surface area contributed by atoms with Gasteiger partial charge >= 0.3 is 6.36 Å². The van der Waals surface area contributed by atoms with Gasteiger partial charge in [-0.1, -0.05) is 0 Å². The highest BCUT2D eigenvalue weighted by molar-refractivity contribution is 6.06. The Hall–Kier alpha value is -3.82. The zero-order valence-corrected chi connectivity index (χ0v) is 15.8. The van der Waals surface area contributed by atoms with E-state index in [0.29, 0.717) is 17.9 Å². The van der Waals surface area contributed by atoms with E-state index < -0.39 is 23.6 Å². The molecule has 0 fully saturated rings. The number of aromatic nitrogens is 1. The van der Waals surface area contributed by atoms with Crippen LogP contribution in [0.15, 0.2) is 57.9 Å². The Morgan fingerprint density at radius 3 is 2.52 bits per heavy atom. The molecule has 1 atom stereocenters. The fraction of sp³-hybridized carbons (Fsp3) is 0.190. The summed E-state index contributed by atoms with van der Waals surface area (Å²) in [7, 11) is 0. The van der Waals surface area contributed by atoms with Crippen molar-refractivity contribution in [1.29, 1.82) is 0 Å². The first kappa shape index (κ1) is 20.5. The van der Waals surface area contributed by atoms with Gasteiger partial charge in [0.25, 0.3) is 11.5 Å². The fourth-order valence-electron chi connectivity index (χ4n) is 3.46. The lowest BCUT2D eigenvalue weighted by molar-refractivity contribution is -0.274. The molecular weight excluding hydrogens is 417 g/mol. The number of hydrogen-bond acceptors (Lipinski definition) is 5. The number of anilines is 1. The van der Waals surface area contributed by atoms with Crippen LogP contribution >= 0.6 is 0 Å². The fourth-order valence-corrected chi connectivity index (χ4v) is 3.46. The first-order chi connectivity index (χ1) is 14.7. The average molecular weight is 432 g/mol. The van der Waals surface area contributed by atoms with Crippen LogP contribution in [0.5, 0.6) is 5.75 Å². The highest BCUT2D eigenvalue weighted by Gasteiger charge is 2.31. The Kier molecular flexibility index (Phi) is 5.14. The molecule has 1 aromatic carbocycles. The predicted molar refractivity (Wildman–Crippen MR) is 102 cm³/mol. The maximum atomic E-state index is 12.6. The highest BCUT2D eigenvalue weighted by atomic mass is 19.4. The second-order valence-corrected chi connectivity index (χ2v) is 6.97. The van der Waals surface area contributed by atoms with Gasteiger partial charge in [-0.15, -0.1) is 13.2 Å². The summed E-state index contributed by atoms with van der Waals surface area (Å²) in [4.78, 5) is 40.1. The van der Waals surface area contributed by atoms with E-state index >= 15 is 0 Å². The monoisotopic (exact) mass is 432 g/mol. The summed E-state index contributed by atoms with van der Waals surface area (Å²) < 4.78 is 45.8. The van der Waals surface area contributed by atoms with E-state index in [1.165, 1.54) is 24.5 Å². The van der Waals surface area contributed by atoms with Crippen LogP contribution in [0.3, 0.4) is 0 Å². The van der Waals surface area contributed by atoms with Crippen molar-refractivity contribution >= 4 is 17.4 Å². The Bertz CT molecular complexity index is 1180. The van der Waals surface area contributed by atoms with E-state index in [2.05, 4.69) is 15.0 Å². The third kappa shape index (κ3) is 4.52. The molecule has 31 heavy (non-hydrogen) atoms.